The summed E-state index contributed by atoms with van der Waals surface area (Å²) in [4.78, 5) is 16.9. The fourth-order valence-corrected chi connectivity index (χ4v) is 4.46. The Morgan fingerprint density at radius 1 is 1.19 bits per heavy atom. The molecule has 3 aromatic rings. The number of thiazole rings is 1. The number of carbonyl (C=O) groups excluding carboxylic acids is 1. The van der Waals surface area contributed by atoms with Crippen LogP contribution < -0.4 is 5.32 Å². The van der Waals surface area contributed by atoms with Gasteiger partial charge in [-0.15, -0.1) is 11.3 Å². The van der Waals surface area contributed by atoms with Crippen LogP contribution in [0.15, 0.2) is 56.7 Å². The maximum Gasteiger partial charge on any atom is 0.230 e. The molecule has 1 heterocycles. The lowest BCUT2D eigenvalue weighted by Gasteiger charge is -2.08. The molecule has 3 rings (SSSR count). The molecule has 1 N–H and O–H groups in total. The molecular formula is C20H19BrN2OS2. The van der Waals surface area contributed by atoms with Crippen molar-refractivity contribution in [3.05, 3.63) is 74.7 Å². The van der Waals surface area contributed by atoms with Crippen molar-refractivity contribution in [2.45, 2.75) is 30.4 Å². The van der Waals surface area contributed by atoms with Crippen LogP contribution in [0.2, 0.25) is 0 Å². The highest BCUT2D eigenvalue weighted by Gasteiger charge is 2.10. The summed E-state index contributed by atoms with van der Waals surface area (Å²) in [5, 5.41) is 4.95. The normalized spacial score (nSPS) is 10.7. The highest BCUT2D eigenvalue weighted by molar-refractivity contribution is 9.10. The lowest BCUT2D eigenvalue weighted by molar-refractivity contribution is -0.115. The average Bonchev–Trinajstić information content (AvgIpc) is 3.05. The third-order valence-corrected chi connectivity index (χ3v) is 6.48. The van der Waals surface area contributed by atoms with E-state index in [-0.39, 0.29) is 5.91 Å². The highest BCUT2D eigenvalue weighted by Crippen LogP contribution is 2.27. The number of aromatic nitrogens is 1. The second kappa shape index (κ2) is 8.84. The quantitative estimate of drug-likeness (QED) is 0.472. The molecule has 1 aromatic heterocycles. The van der Waals surface area contributed by atoms with Crippen molar-refractivity contribution in [1.82, 2.24) is 4.98 Å². The molecule has 0 aliphatic rings. The molecular weight excluding hydrogens is 428 g/mol. The van der Waals surface area contributed by atoms with Gasteiger partial charge in [-0.2, -0.15) is 0 Å². The van der Waals surface area contributed by atoms with Crippen molar-refractivity contribution in [2.75, 3.05) is 5.32 Å². The van der Waals surface area contributed by atoms with Gasteiger partial charge in [0.1, 0.15) is 4.34 Å². The summed E-state index contributed by atoms with van der Waals surface area (Å²) >= 11 is 6.73. The summed E-state index contributed by atoms with van der Waals surface area (Å²) in [6.45, 7) is 4.01. The number of hydrogen-bond acceptors (Lipinski definition) is 4. The zero-order valence-corrected chi connectivity index (χ0v) is 17.8. The molecule has 0 spiro atoms. The molecule has 0 saturated heterocycles. The Kier molecular flexibility index (Phi) is 6.51. The standard InChI is InChI=1S/C20H19BrN2OS2/c1-13-3-4-14(2)18(9-13)23-19(24)10-17-12-26-20(22-17)25-11-15-5-7-16(21)8-6-15/h3-9,12H,10-11H2,1-2H3,(H,23,24). The molecule has 0 saturated carbocycles. The van der Waals surface area contributed by atoms with Gasteiger partial charge in [0, 0.05) is 21.3 Å². The highest BCUT2D eigenvalue weighted by atomic mass is 79.9. The summed E-state index contributed by atoms with van der Waals surface area (Å²) in [6, 6.07) is 14.3. The van der Waals surface area contributed by atoms with Gasteiger partial charge in [0.2, 0.25) is 5.91 Å². The predicted molar refractivity (Wildman–Crippen MR) is 114 cm³/mol. The van der Waals surface area contributed by atoms with Gasteiger partial charge in [0.15, 0.2) is 0 Å². The minimum atomic E-state index is -0.0338. The molecule has 1 amide bonds. The second-order valence-corrected chi connectivity index (χ2v) is 9.06. The molecule has 0 radical (unpaired) electrons. The molecule has 26 heavy (non-hydrogen) atoms. The first-order chi connectivity index (χ1) is 12.5. The topological polar surface area (TPSA) is 42.0 Å². The molecule has 3 nitrogen and oxygen atoms in total. The van der Waals surface area contributed by atoms with Crippen molar-refractivity contribution in [3.63, 3.8) is 0 Å². The summed E-state index contributed by atoms with van der Waals surface area (Å²) in [7, 11) is 0. The first kappa shape index (κ1) is 19.1. The van der Waals surface area contributed by atoms with Crippen LogP contribution in [0, 0.1) is 13.8 Å². The van der Waals surface area contributed by atoms with E-state index in [1.165, 1.54) is 5.56 Å². The van der Waals surface area contributed by atoms with Crippen LogP contribution in [0.5, 0.6) is 0 Å². The van der Waals surface area contributed by atoms with E-state index in [1.54, 1.807) is 23.1 Å². The van der Waals surface area contributed by atoms with Gasteiger partial charge < -0.3 is 5.32 Å². The monoisotopic (exact) mass is 446 g/mol. The predicted octanol–water partition coefficient (Wildman–Crippen LogP) is 6.00. The lowest BCUT2D eigenvalue weighted by Crippen LogP contribution is -2.15. The number of amides is 1. The van der Waals surface area contributed by atoms with Gasteiger partial charge in [-0.3, -0.25) is 4.79 Å². The average molecular weight is 447 g/mol. The van der Waals surface area contributed by atoms with Crippen molar-refractivity contribution >= 4 is 50.6 Å². The second-order valence-electron chi connectivity index (χ2n) is 6.06. The summed E-state index contributed by atoms with van der Waals surface area (Å²) in [5.74, 6) is 0.836. The molecule has 0 aliphatic heterocycles. The van der Waals surface area contributed by atoms with Crippen LogP contribution in [0.25, 0.3) is 0 Å². The Morgan fingerprint density at radius 2 is 1.96 bits per heavy atom. The van der Waals surface area contributed by atoms with Crippen LogP contribution in [0.4, 0.5) is 5.69 Å². The number of nitrogens with one attached hydrogen (secondary N) is 1. The van der Waals surface area contributed by atoms with E-state index in [4.69, 9.17) is 0 Å². The number of benzene rings is 2. The van der Waals surface area contributed by atoms with E-state index < -0.39 is 0 Å². The largest absolute Gasteiger partial charge is 0.325 e. The van der Waals surface area contributed by atoms with E-state index in [0.717, 1.165) is 37.1 Å². The fourth-order valence-electron chi connectivity index (χ4n) is 2.39. The number of anilines is 1. The van der Waals surface area contributed by atoms with E-state index >= 15 is 0 Å². The smallest absolute Gasteiger partial charge is 0.230 e. The molecule has 0 aliphatic carbocycles. The lowest BCUT2D eigenvalue weighted by atomic mass is 10.1. The zero-order valence-electron chi connectivity index (χ0n) is 14.6. The summed E-state index contributed by atoms with van der Waals surface area (Å²) < 4.78 is 2.07. The first-order valence-electron chi connectivity index (χ1n) is 8.18. The first-order valence-corrected chi connectivity index (χ1v) is 10.8. The van der Waals surface area contributed by atoms with E-state index in [1.807, 2.05) is 49.6 Å². The van der Waals surface area contributed by atoms with Gasteiger partial charge in [-0.1, -0.05) is 52.0 Å². The van der Waals surface area contributed by atoms with Gasteiger partial charge in [0.05, 0.1) is 12.1 Å². The Bertz CT molecular complexity index is 906. The molecule has 2 aromatic carbocycles. The summed E-state index contributed by atoms with van der Waals surface area (Å²) in [6.07, 6.45) is 0.294. The number of halogens is 1. The number of carbonyl (C=O) groups is 1. The maximum atomic E-state index is 12.3. The van der Waals surface area contributed by atoms with E-state index in [2.05, 4.69) is 38.4 Å². The molecule has 0 unspecified atom stereocenters. The number of aryl methyl sites for hydroxylation is 2. The number of hydrogen-bond donors (Lipinski definition) is 1. The minimum Gasteiger partial charge on any atom is -0.325 e. The zero-order chi connectivity index (χ0) is 18.5. The van der Waals surface area contributed by atoms with Gasteiger partial charge >= 0.3 is 0 Å². The maximum absolute atomic E-state index is 12.3. The van der Waals surface area contributed by atoms with E-state index in [9.17, 15) is 4.79 Å². The van der Waals surface area contributed by atoms with E-state index in [0.29, 0.717) is 6.42 Å². The molecule has 134 valence electrons. The SMILES string of the molecule is Cc1ccc(C)c(NC(=O)Cc2csc(SCc3ccc(Br)cc3)n2)c1. The Morgan fingerprint density at radius 3 is 2.73 bits per heavy atom. The van der Waals surface area contributed by atoms with Crippen molar-refractivity contribution in [2.24, 2.45) is 0 Å². The van der Waals surface area contributed by atoms with Crippen LogP contribution in [-0.2, 0) is 17.0 Å². The van der Waals surface area contributed by atoms with Gasteiger partial charge in [0.25, 0.3) is 0 Å². The van der Waals surface area contributed by atoms with Gasteiger partial charge in [-0.05, 0) is 48.7 Å². The van der Waals surface area contributed by atoms with Crippen molar-refractivity contribution in [3.8, 4) is 0 Å². The third-order valence-electron chi connectivity index (χ3n) is 3.82. The molecule has 0 fully saturated rings. The number of rotatable bonds is 6. The van der Waals surface area contributed by atoms with Crippen molar-refractivity contribution in [1.29, 1.82) is 0 Å². The summed E-state index contributed by atoms with van der Waals surface area (Å²) in [5.41, 5.74) is 5.13. The Labute approximate surface area is 170 Å². The molecule has 6 heteroatoms. The Balaban J connectivity index is 1.55. The third kappa shape index (κ3) is 5.43. The van der Waals surface area contributed by atoms with Crippen LogP contribution >= 0.6 is 39.0 Å². The Hall–Kier alpha value is -1.63. The fraction of sp³-hybridized carbons (Fsp3) is 0.200. The van der Waals surface area contributed by atoms with Crippen LogP contribution in [-0.4, -0.2) is 10.9 Å². The van der Waals surface area contributed by atoms with Crippen LogP contribution in [0.1, 0.15) is 22.4 Å². The van der Waals surface area contributed by atoms with Crippen LogP contribution in [0.3, 0.4) is 0 Å². The molecule has 0 bridgehead atoms. The van der Waals surface area contributed by atoms with Gasteiger partial charge in [-0.25, -0.2) is 4.98 Å². The molecule has 0 atom stereocenters. The van der Waals surface area contributed by atoms with Crippen molar-refractivity contribution < 1.29 is 4.79 Å². The minimum absolute atomic E-state index is 0.0338. The number of thioether (sulfide) groups is 1. The number of nitrogens with zero attached hydrogens (tertiary/aromatic N) is 1.